The molecule has 2 rings (SSSR count). The zero-order chi connectivity index (χ0) is 18.1. The summed E-state index contributed by atoms with van der Waals surface area (Å²) in [6.45, 7) is 2.73. The van der Waals surface area contributed by atoms with Gasteiger partial charge in [0.05, 0.1) is 6.54 Å². The van der Waals surface area contributed by atoms with Crippen molar-refractivity contribution in [2.45, 2.75) is 13.5 Å². The molecule has 0 radical (unpaired) electrons. The first-order valence-electron chi connectivity index (χ1n) is 8.08. The molecule has 0 spiro atoms. The van der Waals surface area contributed by atoms with E-state index in [1.165, 1.54) is 6.92 Å². The Bertz CT molecular complexity index is 704. The maximum atomic E-state index is 12.0. The largest absolute Gasteiger partial charge is 0.492 e. The minimum absolute atomic E-state index is 0.133. The van der Waals surface area contributed by atoms with E-state index in [0.29, 0.717) is 31.1 Å². The Labute approximate surface area is 147 Å². The molecule has 3 amide bonds. The lowest BCUT2D eigenvalue weighted by Crippen LogP contribution is -2.38. The first-order chi connectivity index (χ1) is 12.0. The predicted octanol–water partition coefficient (Wildman–Crippen LogP) is 2.87. The summed E-state index contributed by atoms with van der Waals surface area (Å²) in [5.74, 6) is 0.504. The van der Waals surface area contributed by atoms with E-state index in [1.807, 2.05) is 30.3 Å². The van der Waals surface area contributed by atoms with E-state index in [0.717, 1.165) is 5.56 Å². The van der Waals surface area contributed by atoms with Gasteiger partial charge in [0.1, 0.15) is 12.4 Å². The van der Waals surface area contributed by atoms with Crippen molar-refractivity contribution < 1.29 is 14.3 Å². The van der Waals surface area contributed by atoms with Gasteiger partial charge in [0.15, 0.2) is 0 Å². The van der Waals surface area contributed by atoms with Crippen LogP contribution in [0, 0.1) is 0 Å². The topological polar surface area (TPSA) is 70.7 Å². The lowest BCUT2D eigenvalue weighted by Gasteiger charge is -2.18. The van der Waals surface area contributed by atoms with Gasteiger partial charge in [-0.05, 0) is 17.7 Å². The van der Waals surface area contributed by atoms with Crippen LogP contribution < -0.4 is 15.4 Å². The molecule has 6 heteroatoms. The van der Waals surface area contributed by atoms with Crippen LogP contribution >= 0.6 is 0 Å². The number of carbonyl (C=O) groups excluding carboxylic acids is 2. The Morgan fingerprint density at radius 3 is 2.56 bits per heavy atom. The lowest BCUT2D eigenvalue weighted by molar-refractivity contribution is -0.114. The van der Waals surface area contributed by atoms with Gasteiger partial charge in [-0.25, -0.2) is 4.79 Å². The number of amides is 3. The minimum Gasteiger partial charge on any atom is -0.492 e. The zero-order valence-corrected chi connectivity index (χ0v) is 14.5. The number of benzene rings is 2. The van der Waals surface area contributed by atoms with E-state index in [2.05, 4.69) is 10.6 Å². The van der Waals surface area contributed by atoms with Crippen molar-refractivity contribution in [3.63, 3.8) is 0 Å². The van der Waals surface area contributed by atoms with Crippen molar-refractivity contribution in [2.24, 2.45) is 0 Å². The van der Waals surface area contributed by atoms with Crippen LogP contribution in [0.4, 0.5) is 10.5 Å². The first kappa shape index (κ1) is 18.3. The molecule has 0 aromatic heterocycles. The van der Waals surface area contributed by atoms with Crippen LogP contribution in [0.3, 0.4) is 0 Å². The van der Waals surface area contributed by atoms with Crippen LogP contribution in [0.15, 0.2) is 54.6 Å². The van der Waals surface area contributed by atoms with Gasteiger partial charge in [-0.2, -0.15) is 0 Å². The number of rotatable bonds is 7. The quantitative estimate of drug-likeness (QED) is 0.761. The SMILES string of the molecule is CC(=O)Nc1cccc(OCCNC(=O)N(C)Cc2ccccc2)c1. The third-order valence-corrected chi connectivity index (χ3v) is 3.41. The Kier molecular flexibility index (Phi) is 6.83. The molecule has 0 saturated carbocycles. The third kappa shape index (κ3) is 6.55. The van der Waals surface area contributed by atoms with Crippen molar-refractivity contribution in [3.8, 4) is 5.75 Å². The molecule has 0 bridgehead atoms. The van der Waals surface area contributed by atoms with E-state index < -0.39 is 0 Å². The van der Waals surface area contributed by atoms with E-state index in [1.54, 1.807) is 36.2 Å². The van der Waals surface area contributed by atoms with Gasteiger partial charge < -0.3 is 20.3 Å². The molecule has 2 N–H and O–H groups in total. The molecule has 132 valence electrons. The smallest absolute Gasteiger partial charge is 0.317 e. The van der Waals surface area contributed by atoms with E-state index in [4.69, 9.17) is 4.74 Å². The highest BCUT2D eigenvalue weighted by atomic mass is 16.5. The van der Waals surface area contributed by atoms with Crippen LogP contribution in [-0.4, -0.2) is 37.0 Å². The van der Waals surface area contributed by atoms with Crippen molar-refractivity contribution in [2.75, 3.05) is 25.5 Å². The fraction of sp³-hybridized carbons (Fsp3) is 0.263. The molecule has 0 unspecified atom stereocenters. The molecule has 0 fully saturated rings. The van der Waals surface area contributed by atoms with Gasteiger partial charge in [-0.15, -0.1) is 0 Å². The van der Waals surface area contributed by atoms with Crippen LogP contribution in [-0.2, 0) is 11.3 Å². The number of hydrogen-bond donors (Lipinski definition) is 2. The number of nitrogens with one attached hydrogen (secondary N) is 2. The van der Waals surface area contributed by atoms with Crippen molar-refractivity contribution in [1.29, 1.82) is 0 Å². The molecular weight excluding hydrogens is 318 g/mol. The van der Waals surface area contributed by atoms with Gasteiger partial charge in [0.2, 0.25) is 5.91 Å². The second kappa shape index (κ2) is 9.32. The summed E-state index contributed by atoms with van der Waals surface area (Å²) in [6, 6.07) is 16.8. The highest BCUT2D eigenvalue weighted by Gasteiger charge is 2.08. The monoisotopic (exact) mass is 341 g/mol. The van der Waals surface area contributed by atoms with Crippen molar-refractivity contribution in [1.82, 2.24) is 10.2 Å². The van der Waals surface area contributed by atoms with E-state index in [-0.39, 0.29) is 11.9 Å². The maximum Gasteiger partial charge on any atom is 0.317 e. The average molecular weight is 341 g/mol. The molecule has 0 aliphatic heterocycles. The first-order valence-corrected chi connectivity index (χ1v) is 8.08. The lowest BCUT2D eigenvalue weighted by atomic mass is 10.2. The number of nitrogens with zero attached hydrogens (tertiary/aromatic N) is 1. The van der Waals surface area contributed by atoms with Crippen molar-refractivity contribution in [3.05, 3.63) is 60.2 Å². The molecule has 0 atom stereocenters. The van der Waals surface area contributed by atoms with E-state index >= 15 is 0 Å². The Hall–Kier alpha value is -3.02. The molecule has 0 aliphatic carbocycles. The minimum atomic E-state index is -0.153. The van der Waals surface area contributed by atoms with Gasteiger partial charge >= 0.3 is 6.03 Å². The summed E-state index contributed by atoms with van der Waals surface area (Å²) in [5.41, 5.74) is 1.75. The number of carbonyl (C=O) groups is 2. The second-order valence-electron chi connectivity index (χ2n) is 5.63. The molecule has 6 nitrogen and oxygen atoms in total. The highest BCUT2D eigenvalue weighted by molar-refractivity contribution is 5.88. The second-order valence-corrected chi connectivity index (χ2v) is 5.63. The number of ether oxygens (including phenoxy) is 1. The molecule has 2 aromatic rings. The van der Waals surface area contributed by atoms with Gasteiger partial charge in [0, 0.05) is 32.3 Å². The fourth-order valence-electron chi connectivity index (χ4n) is 2.26. The highest BCUT2D eigenvalue weighted by Crippen LogP contribution is 2.17. The van der Waals surface area contributed by atoms with E-state index in [9.17, 15) is 9.59 Å². The molecule has 2 aromatic carbocycles. The Morgan fingerprint density at radius 2 is 1.84 bits per heavy atom. The number of anilines is 1. The molecule has 25 heavy (non-hydrogen) atoms. The normalized spacial score (nSPS) is 10.0. The Balaban J connectivity index is 1.71. The van der Waals surface area contributed by atoms with Crippen LogP contribution in [0.5, 0.6) is 5.75 Å². The zero-order valence-electron chi connectivity index (χ0n) is 14.5. The number of urea groups is 1. The fourth-order valence-corrected chi connectivity index (χ4v) is 2.26. The summed E-state index contributed by atoms with van der Waals surface area (Å²) >= 11 is 0. The summed E-state index contributed by atoms with van der Waals surface area (Å²) in [7, 11) is 1.75. The summed E-state index contributed by atoms with van der Waals surface area (Å²) in [4.78, 5) is 24.7. The van der Waals surface area contributed by atoms with Gasteiger partial charge in [-0.3, -0.25) is 4.79 Å². The molecule has 0 heterocycles. The average Bonchev–Trinajstić information content (AvgIpc) is 2.59. The maximum absolute atomic E-state index is 12.0. The number of hydrogen-bond acceptors (Lipinski definition) is 3. The van der Waals surface area contributed by atoms with Gasteiger partial charge in [-0.1, -0.05) is 36.4 Å². The molecule has 0 aliphatic rings. The van der Waals surface area contributed by atoms with Crippen LogP contribution in [0.2, 0.25) is 0 Å². The molecule has 0 saturated heterocycles. The third-order valence-electron chi connectivity index (χ3n) is 3.41. The predicted molar refractivity (Wildman–Crippen MR) is 97.5 cm³/mol. The van der Waals surface area contributed by atoms with Crippen molar-refractivity contribution >= 4 is 17.6 Å². The van der Waals surface area contributed by atoms with Gasteiger partial charge in [0.25, 0.3) is 0 Å². The Morgan fingerprint density at radius 1 is 1.08 bits per heavy atom. The van der Waals surface area contributed by atoms with Crippen LogP contribution in [0.25, 0.3) is 0 Å². The summed E-state index contributed by atoms with van der Waals surface area (Å²) in [5, 5.41) is 5.51. The summed E-state index contributed by atoms with van der Waals surface area (Å²) < 4.78 is 5.59. The summed E-state index contributed by atoms with van der Waals surface area (Å²) in [6.07, 6.45) is 0. The standard InChI is InChI=1S/C19H23N3O3/c1-15(23)21-17-9-6-10-18(13-17)25-12-11-20-19(24)22(2)14-16-7-4-3-5-8-16/h3-10,13H,11-12,14H2,1-2H3,(H,20,24)(H,21,23). The van der Waals surface area contributed by atoms with Crippen LogP contribution in [0.1, 0.15) is 12.5 Å². The molecular formula is C19H23N3O3.